The number of para-hydroxylation sites is 1. The molecule has 0 aliphatic rings. The van der Waals surface area contributed by atoms with Crippen molar-refractivity contribution in [1.29, 1.82) is 0 Å². The maximum absolute atomic E-state index is 13.0. The number of rotatable bonds is 8. The lowest BCUT2D eigenvalue weighted by molar-refractivity contribution is 0.102. The summed E-state index contributed by atoms with van der Waals surface area (Å²) in [5, 5.41) is 3.11. The smallest absolute Gasteiger partial charge is 0.255 e. The molecule has 0 fully saturated rings. The third-order valence-electron chi connectivity index (χ3n) is 4.74. The molecule has 0 aromatic heterocycles. The molecule has 1 amide bonds. The van der Waals surface area contributed by atoms with E-state index >= 15 is 0 Å². The fourth-order valence-electron chi connectivity index (χ4n) is 3.20. The van der Waals surface area contributed by atoms with Gasteiger partial charge in [-0.2, -0.15) is 0 Å². The normalized spacial score (nSPS) is 10.6. The first kappa shape index (κ1) is 21.0. The molecular formula is C25H27NO2S. The highest BCUT2D eigenvalue weighted by molar-refractivity contribution is 7.98. The van der Waals surface area contributed by atoms with Crippen LogP contribution in [0.3, 0.4) is 0 Å². The minimum Gasteiger partial charge on any atom is -0.494 e. The molecule has 0 aliphatic heterocycles. The molecule has 3 aromatic carbocycles. The zero-order valence-corrected chi connectivity index (χ0v) is 18.0. The average Bonchev–Trinajstić information content (AvgIpc) is 2.75. The van der Waals surface area contributed by atoms with Crippen molar-refractivity contribution in [2.24, 2.45) is 0 Å². The maximum atomic E-state index is 13.0. The summed E-state index contributed by atoms with van der Waals surface area (Å²) in [6, 6.07) is 22.0. The molecule has 3 rings (SSSR count). The molecule has 150 valence electrons. The van der Waals surface area contributed by atoms with Crippen molar-refractivity contribution in [3.8, 4) is 5.75 Å². The topological polar surface area (TPSA) is 38.3 Å². The highest BCUT2D eigenvalue weighted by Crippen LogP contribution is 2.30. The van der Waals surface area contributed by atoms with Gasteiger partial charge in [0.2, 0.25) is 0 Å². The number of aryl methyl sites for hydroxylation is 2. The van der Waals surface area contributed by atoms with Crippen LogP contribution in [0.2, 0.25) is 0 Å². The fraction of sp³-hybridized carbons (Fsp3) is 0.240. The van der Waals surface area contributed by atoms with Crippen LogP contribution in [-0.4, -0.2) is 12.5 Å². The Morgan fingerprint density at radius 1 is 0.966 bits per heavy atom. The molecule has 0 unspecified atom stereocenters. The minimum absolute atomic E-state index is 0.0944. The Labute approximate surface area is 177 Å². The van der Waals surface area contributed by atoms with Crippen molar-refractivity contribution >= 4 is 23.4 Å². The van der Waals surface area contributed by atoms with Crippen molar-refractivity contribution < 1.29 is 9.53 Å². The summed E-state index contributed by atoms with van der Waals surface area (Å²) >= 11 is 1.73. The van der Waals surface area contributed by atoms with Gasteiger partial charge in [-0.25, -0.2) is 0 Å². The molecule has 4 heteroatoms. The van der Waals surface area contributed by atoms with Gasteiger partial charge in [0.1, 0.15) is 5.75 Å². The largest absolute Gasteiger partial charge is 0.494 e. The SMILES string of the molecule is CCOc1ccc(C(=O)Nc2c(C)cccc2CC)cc1CSc1ccccc1. The fourth-order valence-corrected chi connectivity index (χ4v) is 4.09. The van der Waals surface area contributed by atoms with Crippen LogP contribution in [0.25, 0.3) is 0 Å². The van der Waals surface area contributed by atoms with Gasteiger partial charge < -0.3 is 10.1 Å². The van der Waals surface area contributed by atoms with Gasteiger partial charge >= 0.3 is 0 Å². The number of anilines is 1. The van der Waals surface area contributed by atoms with E-state index in [1.807, 2.05) is 62.4 Å². The van der Waals surface area contributed by atoms with Gasteiger partial charge in [-0.1, -0.05) is 43.3 Å². The monoisotopic (exact) mass is 405 g/mol. The Hall–Kier alpha value is -2.72. The summed E-state index contributed by atoms with van der Waals surface area (Å²) in [6.07, 6.45) is 0.875. The van der Waals surface area contributed by atoms with E-state index in [4.69, 9.17) is 4.74 Å². The van der Waals surface area contributed by atoms with E-state index in [0.29, 0.717) is 12.2 Å². The maximum Gasteiger partial charge on any atom is 0.255 e. The summed E-state index contributed by atoms with van der Waals surface area (Å²) < 4.78 is 5.79. The number of carbonyl (C=O) groups is 1. The van der Waals surface area contributed by atoms with Gasteiger partial charge in [-0.3, -0.25) is 4.79 Å². The molecule has 1 N–H and O–H groups in total. The van der Waals surface area contributed by atoms with E-state index in [9.17, 15) is 4.79 Å². The predicted octanol–water partition coefficient (Wildman–Crippen LogP) is 6.50. The van der Waals surface area contributed by atoms with E-state index in [0.717, 1.165) is 40.3 Å². The van der Waals surface area contributed by atoms with Crippen molar-refractivity contribution in [2.45, 2.75) is 37.8 Å². The summed E-state index contributed by atoms with van der Waals surface area (Å²) in [5.41, 5.74) is 4.79. The molecule has 0 saturated heterocycles. The predicted molar refractivity (Wildman–Crippen MR) is 122 cm³/mol. The third-order valence-corrected chi connectivity index (χ3v) is 5.80. The number of ether oxygens (including phenoxy) is 1. The zero-order valence-electron chi connectivity index (χ0n) is 17.2. The molecule has 29 heavy (non-hydrogen) atoms. The summed E-state index contributed by atoms with van der Waals surface area (Å²) in [4.78, 5) is 14.2. The molecule has 0 heterocycles. The second-order valence-electron chi connectivity index (χ2n) is 6.77. The van der Waals surface area contributed by atoms with Gasteiger partial charge in [0, 0.05) is 27.5 Å². The Bertz CT molecular complexity index is 970. The van der Waals surface area contributed by atoms with Crippen LogP contribution in [0.4, 0.5) is 5.69 Å². The van der Waals surface area contributed by atoms with E-state index < -0.39 is 0 Å². The standard InChI is InChI=1S/C25H27NO2S/c1-4-19-11-9-10-18(3)24(19)26-25(27)20-14-15-23(28-5-2)21(16-20)17-29-22-12-7-6-8-13-22/h6-16H,4-5,17H2,1-3H3,(H,26,27). The molecule has 0 atom stereocenters. The highest BCUT2D eigenvalue weighted by atomic mass is 32.2. The van der Waals surface area contributed by atoms with Crippen LogP contribution in [0.15, 0.2) is 71.6 Å². The number of thioether (sulfide) groups is 1. The number of nitrogens with one attached hydrogen (secondary N) is 1. The second kappa shape index (κ2) is 10.2. The summed E-state index contributed by atoms with van der Waals surface area (Å²) in [7, 11) is 0. The first-order chi connectivity index (χ1) is 14.1. The third kappa shape index (κ3) is 5.42. The van der Waals surface area contributed by atoms with Crippen molar-refractivity contribution in [3.63, 3.8) is 0 Å². The number of hydrogen-bond acceptors (Lipinski definition) is 3. The highest BCUT2D eigenvalue weighted by Gasteiger charge is 2.14. The summed E-state index contributed by atoms with van der Waals surface area (Å²) in [6.45, 7) is 6.69. The van der Waals surface area contributed by atoms with Crippen molar-refractivity contribution in [2.75, 3.05) is 11.9 Å². The average molecular weight is 406 g/mol. The van der Waals surface area contributed by atoms with Crippen molar-refractivity contribution in [3.05, 3.63) is 89.0 Å². The van der Waals surface area contributed by atoms with Crippen LogP contribution < -0.4 is 10.1 Å². The molecule has 0 aliphatic carbocycles. The van der Waals surface area contributed by atoms with Crippen LogP contribution in [0.1, 0.15) is 40.9 Å². The molecule has 3 nitrogen and oxygen atoms in total. The van der Waals surface area contributed by atoms with E-state index in [2.05, 4.69) is 30.4 Å². The molecule has 0 radical (unpaired) electrons. The van der Waals surface area contributed by atoms with Crippen LogP contribution in [0, 0.1) is 6.92 Å². The van der Waals surface area contributed by atoms with Gasteiger partial charge in [0.05, 0.1) is 6.61 Å². The van der Waals surface area contributed by atoms with Gasteiger partial charge in [-0.05, 0) is 61.7 Å². The minimum atomic E-state index is -0.0944. The van der Waals surface area contributed by atoms with E-state index in [1.54, 1.807) is 11.8 Å². The number of hydrogen-bond donors (Lipinski definition) is 1. The molecule has 3 aromatic rings. The number of benzene rings is 3. The first-order valence-electron chi connectivity index (χ1n) is 9.95. The van der Waals surface area contributed by atoms with Crippen LogP contribution >= 0.6 is 11.8 Å². The lowest BCUT2D eigenvalue weighted by Crippen LogP contribution is -2.14. The lowest BCUT2D eigenvalue weighted by atomic mass is 10.0. The zero-order chi connectivity index (χ0) is 20.6. The molecular weight excluding hydrogens is 378 g/mol. The molecule has 0 saturated carbocycles. The Balaban J connectivity index is 1.83. The van der Waals surface area contributed by atoms with Crippen LogP contribution in [-0.2, 0) is 12.2 Å². The van der Waals surface area contributed by atoms with E-state index in [1.165, 1.54) is 4.90 Å². The van der Waals surface area contributed by atoms with Gasteiger partial charge in [-0.15, -0.1) is 11.8 Å². The van der Waals surface area contributed by atoms with Gasteiger partial charge in [0.25, 0.3) is 5.91 Å². The van der Waals surface area contributed by atoms with Crippen molar-refractivity contribution in [1.82, 2.24) is 0 Å². The number of carbonyl (C=O) groups excluding carboxylic acids is 1. The second-order valence-corrected chi connectivity index (χ2v) is 7.82. The first-order valence-corrected chi connectivity index (χ1v) is 10.9. The van der Waals surface area contributed by atoms with Gasteiger partial charge in [0.15, 0.2) is 0 Å². The molecule has 0 spiro atoms. The van der Waals surface area contributed by atoms with E-state index in [-0.39, 0.29) is 5.91 Å². The number of amides is 1. The Kier molecular flexibility index (Phi) is 7.36. The summed E-state index contributed by atoms with van der Waals surface area (Å²) in [5.74, 6) is 1.48. The lowest BCUT2D eigenvalue weighted by Gasteiger charge is -2.15. The molecule has 0 bridgehead atoms. The Morgan fingerprint density at radius 3 is 2.48 bits per heavy atom. The quantitative estimate of drug-likeness (QED) is 0.435. The Morgan fingerprint density at radius 2 is 1.76 bits per heavy atom. The van der Waals surface area contributed by atoms with Crippen LogP contribution in [0.5, 0.6) is 5.75 Å².